The first-order valence-electron chi connectivity index (χ1n) is 10.8. The second-order valence-corrected chi connectivity index (χ2v) is 8.72. The van der Waals surface area contributed by atoms with Gasteiger partial charge in [-0.25, -0.2) is 9.97 Å². The van der Waals surface area contributed by atoms with Crippen LogP contribution in [-0.2, 0) is 12.3 Å². The second kappa shape index (κ2) is 9.44. The molecule has 1 amide bonds. The molecule has 0 unspecified atom stereocenters. The summed E-state index contributed by atoms with van der Waals surface area (Å²) >= 11 is 1.49. The number of aromatic nitrogens is 2. The Morgan fingerprint density at radius 3 is 2.75 bits per heavy atom. The number of amides is 1. The van der Waals surface area contributed by atoms with E-state index in [2.05, 4.69) is 26.3 Å². The van der Waals surface area contributed by atoms with Crippen LogP contribution in [0.3, 0.4) is 0 Å². The summed E-state index contributed by atoms with van der Waals surface area (Å²) in [6.45, 7) is 2.57. The van der Waals surface area contributed by atoms with Crippen molar-refractivity contribution in [3.8, 4) is 0 Å². The second-order valence-electron chi connectivity index (χ2n) is 7.79. The lowest BCUT2D eigenvalue weighted by Gasteiger charge is -2.17. The van der Waals surface area contributed by atoms with E-state index in [0.29, 0.717) is 23.1 Å². The molecule has 32 heavy (non-hydrogen) atoms. The van der Waals surface area contributed by atoms with Gasteiger partial charge in [-0.1, -0.05) is 42.1 Å². The van der Waals surface area contributed by atoms with E-state index in [1.807, 2.05) is 60.8 Å². The lowest BCUT2D eigenvalue weighted by molar-refractivity contribution is 0.0950. The minimum Gasteiger partial charge on any atom is -0.431 e. The highest BCUT2D eigenvalue weighted by atomic mass is 32.2. The molecule has 0 spiro atoms. The van der Waals surface area contributed by atoms with E-state index in [4.69, 9.17) is 4.42 Å². The molecule has 4 aromatic rings. The van der Waals surface area contributed by atoms with Crippen LogP contribution in [0.4, 0.5) is 5.82 Å². The Kier molecular flexibility index (Phi) is 6.07. The van der Waals surface area contributed by atoms with Gasteiger partial charge in [0, 0.05) is 37.1 Å². The molecule has 2 aromatic carbocycles. The predicted octanol–water partition coefficient (Wildman–Crippen LogP) is 5.05. The summed E-state index contributed by atoms with van der Waals surface area (Å²) in [5, 5.41) is 3.66. The average Bonchev–Trinajstić information content (AvgIpc) is 3.51. The minimum absolute atomic E-state index is 0.0849. The zero-order chi connectivity index (χ0) is 21.8. The van der Waals surface area contributed by atoms with Crippen molar-refractivity contribution in [2.24, 2.45) is 0 Å². The Balaban J connectivity index is 1.24. The zero-order valence-corrected chi connectivity index (χ0v) is 18.5. The van der Waals surface area contributed by atoms with Crippen molar-refractivity contribution in [3.05, 3.63) is 83.6 Å². The maximum Gasteiger partial charge on any atom is 0.257 e. The van der Waals surface area contributed by atoms with E-state index in [0.717, 1.165) is 41.1 Å². The Labute approximate surface area is 191 Å². The average molecular weight is 445 g/mol. The SMILES string of the molecule is O=C(NCc1ccnc(N2CCCC2)c1)c1ccccc1CSc1nc2ccccc2o1. The minimum atomic E-state index is -0.0849. The standard InChI is InChI=1S/C25H24N4O2S/c30-24(27-16-18-11-12-26-23(15-18)29-13-5-6-14-29)20-8-2-1-7-19(20)17-32-25-28-21-9-3-4-10-22(21)31-25/h1-4,7-12,15H,5-6,13-14,16-17H2,(H,27,30). The summed E-state index contributed by atoms with van der Waals surface area (Å²) in [7, 11) is 0. The van der Waals surface area contributed by atoms with Gasteiger partial charge in [0.25, 0.3) is 11.1 Å². The van der Waals surface area contributed by atoms with Crippen LogP contribution in [0.1, 0.15) is 34.3 Å². The van der Waals surface area contributed by atoms with E-state index in [1.54, 1.807) is 0 Å². The molecule has 0 atom stereocenters. The molecule has 1 aliphatic heterocycles. The summed E-state index contributed by atoms with van der Waals surface area (Å²) in [6.07, 6.45) is 4.24. The van der Waals surface area contributed by atoms with Gasteiger partial charge in [0.1, 0.15) is 11.3 Å². The molecular formula is C25H24N4O2S. The van der Waals surface area contributed by atoms with Gasteiger partial charge in [-0.2, -0.15) is 0 Å². The molecule has 2 aromatic heterocycles. The third-order valence-corrected chi connectivity index (χ3v) is 6.46. The van der Waals surface area contributed by atoms with Gasteiger partial charge >= 0.3 is 0 Å². The van der Waals surface area contributed by atoms with Gasteiger partial charge < -0.3 is 14.6 Å². The fourth-order valence-electron chi connectivity index (χ4n) is 3.89. The maximum absolute atomic E-state index is 12.9. The van der Waals surface area contributed by atoms with E-state index in [-0.39, 0.29) is 5.91 Å². The number of hydrogen-bond acceptors (Lipinski definition) is 6. The molecule has 5 rings (SSSR count). The fourth-order valence-corrected chi connectivity index (χ4v) is 4.73. The Bertz CT molecular complexity index is 1200. The van der Waals surface area contributed by atoms with Crippen LogP contribution in [0.2, 0.25) is 0 Å². The Hall–Kier alpha value is -3.32. The topological polar surface area (TPSA) is 71.3 Å². The number of para-hydroxylation sites is 2. The fraction of sp³-hybridized carbons (Fsp3) is 0.240. The van der Waals surface area contributed by atoms with Crippen molar-refractivity contribution < 1.29 is 9.21 Å². The summed E-state index contributed by atoms with van der Waals surface area (Å²) < 4.78 is 5.79. The molecule has 0 aliphatic carbocycles. The number of carbonyl (C=O) groups is 1. The first kappa shape index (κ1) is 20.6. The van der Waals surface area contributed by atoms with Crippen LogP contribution in [0.25, 0.3) is 11.1 Å². The highest BCUT2D eigenvalue weighted by molar-refractivity contribution is 7.98. The number of oxazole rings is 1. The van der Waals surface area contributed by atoms with Crippen molar-refractivity contribution in [3.63, 3.8) is 0 Å². The number of rotatable bonds is 7. The summed E-state index contributed by atoms with van der Waals surface area (Å²) in [5.74, 6) is 1.51. The van der Waals surface area contributed by atoms with Crippen LogP contribution >= 0.6 is 11.8 Å². The number of nitrogens with zero attached hydrogens (tertiary/aromatic N) is 3. The molecule has 6 nitrogen and oxygen atoms in total. The molecule has 0 radical (unpaired) electrons. The molecule has 0 saturated carbocycles. The third-order valence-electron chi connectivity index (χ3n) is 5.58. The molecule has 162 valence electrons. The van der Waals surface area contributed by atoms with E-state index in [9.17, 15) is 4.79 Å². The van der Waals surface area contributed by atoms with E-state index in [1.165, 1.54) is 24.6 Å². The lowest BCUT2D eigenvalue weighted by atomic mass is 10.1. The van der Waals surface area contributed by atoms with Gasteiger partial charge in [0.2, 0.25) is 0 Å². The van der Waals surface area contributed by atoms with Gasteiger partial charge in [0.05, 0.1) is 0 Å². The lowest BCUT2D eigenvalue weighted by Crippen LogP contribution is -2.24. The quantitative estimate of drug-likeness (QED) is 0.403. The number of hydrogen-bond donors (Lipinski definition) is 1. The summed E-state index contributed by atoms with van der Waals surface area (Å²) in [5.41, 5.74) is 4.28. The van der Waals surface area contributed by atoms with Crippen LogP contribution in [-0.4, -0.2) is 29.0 Å². The molecule has 3 heterocycles. The normalized spacial score (nSPS) is 13.6. The summed E-state index contributed by atoms with van der Waals surface area (Å²) in [4.78, 5) is 24.2. The monoisotopic (exact) mass is 444 g/mol. The first-order chi connectivity index (χ1) is 15.8. The van der Waals surface area contributed by atoms with Crippen molar-refractivity contribution in [1.29, 1.82) is 0 Å². The Morgan fingerprint density at radius 2 is 1.88 bits per heavy atom. The van der Waals surface area contributed by atoms with Crippen LogP contribution < -0.4 is 10.2 Å². The Morgan fingerprint density at radius 1 is 1.06 bits per heavy atom. The van der Waals surface area contributed by atoms with Crippen LogP contribution in [0, 0.1) is 0 Å². The number of anilines is 1. The molecule has 1 saturated heterocycles. The number of thioether (sulfide) groups is 1. The molecule has 1 aliphatic rings. The van der Waals surface area contributed by atoms with Gasteiger partial charge in [0.15, 0.2) is 5.58 Å². The molecule has 1 fully saturated rings. The first-order valence-corrected chi connectivity index (χ1v) is 11.8. The van der Waals surface area contributed by atoms with Crippen molar-refractivity contribution in [2.75, 3.05) is 18.0 Å². The molecule has 0 bridgehead atoms. The number of fused-ring (bicyclic) bond motifs is 1. The van der Waals surface area contributed by atoms with Crippen molar-refractivity contribution >= 4 is 34.6 Å². The largest absolute Gasteiger partial charge is 0.431 e. The number of benzene rings is 2. The number of carbonyl (C=O) groups excluding carboxylic acids is 1. The third kappa shape index (κ3) is 4.62. The van der Waals surface area contributed by atoms with Crippen LogP contribution in [0.15, 0.2) is 76.5 Å². The van der Waals surface area contributed by atoms with Gasteiger partial charge in [-0.15, -0.1) is 0 Å². The van der Waals surface area contributed by atoms with E-state index >= 15 is 0 Å². The van der Waals surface area contributed by atoms with Crippen molar-refractivity contribution in [1.82, 2.24) is 15.3 Å². The molecule has 7 heteroatoms. The smallest absolute Gasteiger partial charge is 0.257 e. The van der Waals surface area contributed by atoms with Gasteiger partial charge in [-0.05, 0) is 54.3 Å². The van der Waals surface area contributed by atoms with Crippen LogP contribution in [0.5, 0.6) is 0 Å². The number of pyridine rings is 1. The van der Waals surface area contributed by atoms with E-state index < -0.39 is 0 Å². The zero-order valence-electron chi connectivity index (χ0n) is 17.7. The summed E-state index contributed by atoms with van der Waals surface area (Å²) in [6, 6.07) is 19.4. The number of nitrogens with one attached hydrogen (secondary N) is 1. The highest BCUT2D eigenvalue weighted by Crippen LogP contribution is 2.27. The predicted molar refractivity (Wildman–Crippen MR) is 127 cm³/mol. The van der Waals surface area contributed by atoms with Crippen molar-refractivity contribution in [2.45, 2.75) is 30.4 Å². The highest BCUT2D eigenvalue weighted by Gasteiger charge is 2.15. The maximum atomic E-state index is 12.9. The molecule has 1 N–H and O–H groups in total. The van der Waals surface area contributed by atoms with Gasteiger partial charge in [-0.3, -0.25) is 4.79 Å². The molecular weight excluding hydrogens is 420 g/mol.